The van der Waals surface area contributed by atoms with Crippen LogP contribution in [0.4, 0.5) is 0 Å². The van der Waals surface area contributed by atoms with Crippen LogP contribution in [-0.2, 0) is 9.84 Å². The molecule has 88 valence electrons. The molecule has 5 nitrogen and oxygen atoms in total. The molecule has 1 aliphatic rings. The van der Waals surface area contributed by atoms with Crippen LogP contribution in [0, 0.1) is 0 Å². The normalized spacial score (nSPS) is 24.1. The number of carboxylic acid groups (broad SMARTS) is 1. The van der Waals surface area contributed by atoms with Crippen LogP contribution in [-0.4, -0.2) is 36.0 Å². The summed E-state index contributed by atoms with van der Waals surface area (Å²) in [6.45, 7) is 0. The molecule has 1 unspecified atom stereocenters. The van der Waals surface area contributed by atoms with Crippen LogP contribution in [0.5, 0.6) is 0 Å². The van der Waals surface area contributed by atoms with Crippen LogP contribution < -0.4 is 0 Å². The minimum Gasteiger partial charge on any atom is -0.477 e. The summed E-state index contributed by atoms with van der Waals surface area (Å²) in [5.74, 6) is -1.05. The summed E-state index contributed by atoms with van der Waals surface area (Å²) >= 11 is 1.05. The Morgan fingerprint density at radius 1 is 1.56 bits per heavy atom. The minimum atomic E-state index is -3.03. The van der Waals surface area contributed by atoms with Gasteiger partial charge in [-0.05, 0) is 12.8 Å². The smallest absolute Gasteiger partial charge is 0.347 e. The number of hydrogen-bond donors (Lipinski definition) is 1. The van der Waals surface area contributed by atoms with Gasteiger partial charge < -0.3 is 5.11 Å². The van der Waals surface area contributed by atoms with E-state index in [9.17, 15) is 13.2 Å². The zero-order chi connectivity index (χ0) is 11.8. The van der Waals surface area contributed by atoms with Gasteiger partial charge in [-0.2, -0.15) is 0 Å². The van der Waals surface area contributed by atoms with Gasteiger partial charge in [-0.3, -0.25) is 0 Å². The molecule has 1 fully saturated rings. The number of aromatic carboxylic acids is 1. The second-order valence-corrected chi connectivity index (χ2v) is 6.91. The molecule has 1 N–H and O–H groups in total. The lowest BCUT2D eigenvalue weighted by Crippen LogP contribution is -2.24. The first kappa shape index (κ1) is 11.5. The molecule has 7 heteroatoms. The van der Waals surface area contributed by atoms with E-state index in [0.717, 1.165) is 11.3 Å². The van der Waals surface area contributed by atoms with Gasteiger partial charge >= 0.3 is 5.97 Å². The van der Waals surface area contributed by atoms with Gasteiger partial charge in [0, 0.05) is 5.92 Å². The zero-order valence-corrected chi connectivity index (χ0v) is 10.1. The Kier molecular flexibility index (Phi) is 2.98. The average Bonchev–Trinajstić information content (AvgIpc) is 2.64. The molecule has 1 aliphatic heterocycles. The van der Waals surface area contributed by atoms with Gasteiger partial charge in [0.05, 0.1) is 22.7 Å². The first-order chi connectivity index (χ1) is 7.49. The highest BCUT2D eigenvalue weighted by Gasteiger charge is 2.30. The molecule has 0 spiro atoms. The third-order valence-corrected chi connectivity index (χ3v) is 5.29. The molecule has 0 aliphatic carbocycles. The maximum absolute atomic E-state index is 11.5. The van der Waals surface area contributed by atoms with Crippen LogP contribution >= 0.6 is 11.3 Å². The van der Waals surface area contributed by atoms with Crippen molar-refractivity contribution in [3.05, 3.63) is 16.1 Å². The first-order valence-electron chi connectivity index (χ1n) is 4.87. The second-order valence-electron chi connectivity index (χ2n) is 3.83. The maximum Gasteiger partial charge on any atom is 0.347 e. The molecule has 1 aromatic heterocycles. The molecule has 0 amide bonds. The number of carbonyl (C=O) groups is 1. The molecule has 1 saturated heterocycles. The number of sulfone groups is 1. The van der Waals surface area contributed by atoms with Crippen LogP contribution in [0.1, 0.15) is 34.1 Å². The number of rotatable bonds is 2. The Balaban J connectivity index is 2.30. The Labute approximate surface area is 97.1 Å². The van der Waals surface area contributed by atoms with E-state index in [0.29, 0.717) is 18.5 Å². The van der Waals surface area contributed by atoms with Crippen molar-refractivity contribution >= 4 is 27.1 Å². The maximum atomic E-state index is 11.5. The Morgan fingerprint density at radius 3 is 2.94 bits per heavy atom. The highest BCUT2D eigenvalue weighted by atomic mass is 32.2. The SMILES string of the molecule is O=C(O)c1scnc1C1CCCS(=O)(=O)C1. The predicted octanol–water partition coefficient (Wildman–Crippen LogP) is 1.13. The third-order valence-electron chi connectivity index (χ3n) is 2.64. The fourth-order valence-electron chi connectivity index (χ4n) is 1.94. The van der Waals surface area contributed by atoms with Crippen molar-refractivity contribution in [3.8, 4) is 0 Å². The van der Waals surface area contributed by atoms with E-state index < -0.39 is 15.8 Å². The van der Waals surface area contributed by atoms with Gasteiger partial charge in [0.2, 0.25) is 0 Å². The number of aromatic nitrogens is 1. The van der Waals surface area contributed by atoms with Crippen molar-refractivity contribution in [1.82, 2.24) is 4.98 Å². The quantitative estimate of drug-likeness (QED) is 0.862. The van der Waals surface area contributed by atoms with Gasteiger partial charge in [-0.15, -0.1) is 11.3 Å². The number of thiazole rings is 1. The molecule has 16 heavy (non-hydrogen) atoms. The van der Waals surface area contributed by atoms with Gasteiger partial charge in [-0.25, -0.2) is 18.2 Å². The van der Waals surface area contributed by atoms with Crippen molar-refractivity contribution in [2.75, 3.05) is 11.5 Å². The number of hydrogen-bond acceptors (Lipinski definition) is 5. The highest BCUT2D eigenvalue weighted by molar-refractivity contribution is 7.91. The van der Waals surface area contributed by atoms with Crippen molar-refractivity contribution in [2.45, 2.75) is 18.8 Å². The summed E-state index contributed by atoms with van der Waals surface area (Å²) in [6, 6.07) is 0. The second kappa shape index (κ2) is 4.14. The minimum absolute atomic E-state index is 0.0248. The van der Waals surface area contributed by atoms with E-state index in [1.54, 1.807) is 0 Å². The lowest BCUT2D eigenvalue weighted by Gasteiger charge is -2.20. The molecule has 0 saturated carbocycles. The Bertz CT molecular complexity index is 505. The molecule has 1 aromatic rings. The van der Waals surface area contributed by atoms with Crippen LogP contribution in [0.2, 0.25) is 0 Å². The van der Waals surface area contributed by atoms with Crippen LogP contribution in [0.3, 0.4) is 0 Å². The molecule has 2 heterocycles. The summed E-state index contributed by atoms with van der Waals surface area (Å²) in [5.41, 5.74) is 1.89. The molecule has 2 rings (SSSR count). The molecule has 0 aromatic carbocycles. The van der Waals surface area contributed by atoms with E-state index in [1.807, 2.05) is 0 Å². The summed E-state index contributed by atoms with van der Waals surface area (Å²) < 4.78 is 22.9. The van der Waals surface area contributed by atoms with E-state index in [4.69, 9.17) is 5.11 Å². The summed E-state index contributed by atoms with van der Waals surface area (Å²) in [7, 11) is -3.03. The van der Waals surface area contributed by atoms with Crippen LogP contribution in [0.25, 0.3) is 0 Å². The largest absolute Gasteiger partial charge is 0.477 e. The zero-order valence-electron chi connectivity index (χ0n) is 8.42. The Hall–Kier alpha value is -0.950. The van der Waals surface area contributed by atoms with E-state index in [2.05, 4.69) is 4.98 Å². The molecule has 1 atom stereocenters. The molecule has 0 bridgehead atoms. The van der Waals surface area contributed by atoms with Gasteiger partial charge in [0.25, 0.3) is 0 Å². The fourth-order valence-corrected chi connectivity index (χ4v) is 4.37. The monoisotopic (exact) mass is 261 g/mol. The van der Waals surface area contributed by atoms with Gasteiger partial charge in [0.1, 0.15) is 4.88 Å². The summed E-state index contributed by atoms with van der Waals surface area (Å²) in [5, 5.41) is 8.94. The Morgan fingerprint density at radius 2 is 2.31 bits per heavy atom. The van der Waals surface area contributed by atoms with Crippen molar-refractivity contribution in [3.63, 3.8) is 0 Å². The van der Waals surface area contributed by atoms with Gasteiger partial charge in [0.15, 0.2) is 9.84 Å². The van der Waals surface area contributed by atoms with E-state index >= 15 is 0 Å². The fraction of sp³-hybridized carbons (Fsp3) is 0.556. The summed E-state index contributed by atoms with van der Waals surface area (Å²) in [6.07, 6.45) is 1.28. The summed E-state index contributed by atoms with van der Waals surface area (Å²) in [4.78, 5) is 15.1. The molecular formula is C9H11NO4S2. The molecular weight excluding hydrogens is 250 g/mol. The highest BCUT2D eigenvalue weighted by Crippen LogP contribution is 2.31. The van der Waals surface area contributed by atoms with E-state index in [-0.39, 0.29) is 22.3 Å². The lowest BCUT2D eigenvalue weighted by molar-refractivity contribution is 0.0700. The van der Waals surface area contributed by atoms with Crippen molar-refractivity contribution < 1.29 is 18.3 Å². The van der Waals surface area contributed by atoms with Crippen molar-refractivity contribution in [1.29, 1.82) is 0 Å². The number of nitrogens with zero attached hydrogens (tertiary/aromatic N) is 1. The lowest BCUT2D eigenvalue weighted by atomic mass is 10.0. The predicted molar refractivity (Wildman–Crippen MR) is 59.7 cm³/mol. The molecule has 0 radical (unpaired) electrons. The topological polar surface area (TPSA) is 84.3 Å². The first-order valence-corrected chi connectivity index (χ1v) is 7.57. The third kappa shape index (κ3) is 2.25. The number of carboxylic acids is 1. The van der Waals surface area contributed by atoms with Crippen molar-refractivity contribution in [2.24, 2.45) is 0 Å². The average molecular weight is 261 g/mol. The van der Waals surface area contributed by atoms with Gasteiger partial charge in [-0.1, -0.05) is 0 Å². The van der Waals surface area contributed by atoms with Crippen LogP contribution in [0.15, 0.2) is 5.51 Å². The standard InChI is InChI=1S/C9H11NO4S2/c11-9(12)8-7(10-5-15-8)6-2-1-3-16(13,14)4-6/h5-6H,1-4H2,(H,11,12). The van der Waals surface area contributed by atoms with E-state index in [1.165, 1.54) is 5.51 Å².